The molecular weight excluding hydrogens is 224 g/mol. The van der Waals surface area contributed by atoms with E-state index in [1.165, 1.54) is 5.56 Å². The summed E-state index contributed by atoms with van der Waals surface area (Å²) in [6.07, 6.45) is 1.70. The molecule has 0 unspecified atom stereocenters. The third-order valence-electron chi connectivity index (χ3n) is 2.87. The highest BCUT2D eigenvalue weighted by atomic mass is 16.1. The standard InChI is InChI=1S/C15H16N2O/c1-11-6-4-7-13(10-11)17(3)15-14(12(2)18)8-5-9-16-15/h4-10H,1-3H3. The summed E-state index contributed by atoms with van der Waals surface area (Å²) in [7, 11) is 1.92. The van der Waals surface area contributed by atoms with Crippen LogP contribution < -0.4 is 4.90 Å². The van der Waals surface area contributed by atoms with Crippen LogP contribution in [0, 0.1) is 6.92 Å². The summed E-state index contributed by atoms with van der Waals surface area (Å²) in [5, 5.41) is 0. The maximum Gasteiger partial charge on any atom is 0.163 e. The first-order valence-corrected chi connectivity index (χ1v) is 5.86. The van der Waals surface area contributed by atoms with Crippen molar-refractivity contribution < 1.29 is 4.79 Å². The number of pyridine rings is 1. The number of aryl methyl sites for hydroxylation is 1. The van der Waals surface area contributed by atoms with Gasteiger partial charge in [-0.2, -0.15) is 0 Å². The minimum atomic E-state index is 0.0256. The quantitative estimate of drug-likeness (QED) is 0.771. The monoisotopic (exact) mass is 240 g/mol. The van der Waals surface area contributed by atoms with Crippen LogP contribution in [0.1, 0.15) is 22.8 Å². The number of anilines is 2. The molecule has 2 rings (SSSR count). The van der Waals surface area contributed by atoms with Gasteiger partial charge >= 0.3 is 0 Å². The molecule has 3 nitrogen and oxygen atoms in total. The second-order valence-electron chi connectivity index (χ2n) is 4.33. The Hall–Kier alpha value is -2.16. The van der Waals surface area contributed by atoms with E-state index in [2.05, 4.69) is 11.1 Å². The maximum absolute atomic E-state index is 11.6. The number of aromatic nitrogens is 1. The number of hydrogen-bond donors (Lipinski definition) is 0. The fraction of sp³-hybridized carbons (Fsp3) is 0.200. The highest BCUT2D eigenvalue weighted by molar-refractivity contribution is 5.99. The molecule has 3 heteroatoms. The zero-order chi connectivity index (χ0) is 13.1. The predicted octanol–water partition coefficient (Wildman–Crippen LogP) is 3.36. The van der Waals surface area contributed by atoms with Gasteiger partial charge in [0.2, 0.25) is 0 Å². The number of nitrogens with zero attached hydrogens (tertiary/aromatic N) is 2. The summed E-state index contributed by atoms with van der Waals surface area (Å²) < 4.78 is 0. The fourth-order valence-corrected chi connectivity index (χ4v) is 1.90. The zero-order valence-corrected chi connectivity index (χ0v) is 10.8. The Kier molecular flexibility index (Phi) is 3.42. The van der Waals surface area contributed by atoms with Gasteiger partial charge < -0.3 is 4.90 Å². The number of ketones is 1. The van der Waals surface area contributed by atoms with Crippen LogP contribution in [0.2, 0.25) is 0 Å². The Morgan fingerprint density at radius 3 is 2.67 bits per heavy atom. The Morgan fingerprint density at radius 2 is 2.00 bits per heavy atom. The van der Waals surface area contributed by atoms with Crippen molar-refractivity contribution >= 4 is 17.3 Å². The normalized spacial score (nSPS) is 10.2. The first-order chi connectivity index (χ1) is 8.59. The van der Waals surface area contributed by atoms with E-state index >= 15 is 0 Å². The fourth-order valence-electron chi connectivity index (χ4n) is 1.90. The van der Waals surface area contributed by atoms with Crippen LogP contribution in [0.3, 0.4) is 0 Å². The van der Waals surface area contributed by atoms with Crippen molar-refractivity contribution in [2.45, 2.75) is 13.8 Å². The first-order valence-electron chi connectivity index (χ1n) is 5.86. The molecule has 0 saturated heterocycles. The van der Waals surface area contributed by atoms with Crippen molar-refractivity contribution in [2.75, 3.05) is 11.9 Å². The van der Waals surface area contributed by atoms with Crippen LogP contribution in [-0.2, 0) is 0 Å². The van der Waals surface area contributed by atoms with E-state index in [1.807, 2.05) is 37.1 Å². The van der Waals surface area contributed by atoms with Gasteiger partial charge in [0.1, 0.15) is 5.82 Å². The number of Topliss-reactive ketones (excluding diaryl/α,β-unsaturated/α-hetero) is 1. The number of carbonyl (C=O) groups is 1. The SMILES string of the molecule is CC(=O)c1cccnc1N(C)c1cccc(C)c1. The van der Waals surface area contributed by atoms with Gasteiger partial charge in [-0.3, -0.25) is 4.79 Å². The van der Waals surface area contributed by atoms with Crippen LogP contribution in [0.15, 0.2) is 42.6 Å². The second-order valence-corrected chi connectivity index (χ2v) is 4.33. The smallest absolute Gasteiger partial charge is 0.163 e. The van der Waals surface area contributed by atoms with Crippen LogP contribution >= 0.6 is 0 Å². The molecule has 1 aromatic carbocycles. The molecule has 0 saturated carbocycles. The average molecular weight is 240 g/mol. The molecule has 0 aliphatic heterocycles. The Bertz CT molecular complexity index is 578. The molecule has 1 aromatic heterocycles. The van der Waals surface area contributed by atoms with Crippen molar-refractivity contribution in [2.24, 2.45) is 0 Å². The second kappa shape index (κ2) is 5.00. The lowest BCUT2D eigenvalue weighted by Crippen LogP contribution is -2.15. The third kappa shape index (κ3) is 2.40. The van der Waals surface area contributed by atoms with E-state index in [4.69, 9.17) is 0 Å². The van der Waals surface area contributed by atoms with Crippen LogP contribution in [0.25, 0.3) is 0 Å². The van der Waals surface area contributed by atoms with Crippen molar-refractivity contribution in [3.8, 4) is 0 Å². The van der Waals surface area contributed by atoms with Gasteiger partial charge in [-0.15, -0.1) is 0 Å². The Labute approximate surface area is 107 Å². The molecule has 0 fully saturated rings. The number of hydrogen-bond acceptors (Lipinski definition) is 3. The summed E-state index contributed by atoms with van der Waals surface area (Å²) in [5.74, 6) is 0.716. The van der Waals surface area contributed by atoms with E-state index in [0.29, 0.717) is 11.4 Å². The Morgan fingerprint density at radius 1 is 1.22 bits per heavy atom. The number of carbonyl (C=O) groups excluding carboxylic acids is 1. The van der Waals surface area contributed by atoms with Gasteiger partial charge in [0.25, 0.3) is 0 Å². The largest absolute Gasteiger partial charge is 0.329 e. The van der Waals surface area contributed by atoms with Crippen molar-refractivity contribution in [1.29, 1.82) is 0 Å². The van der Waals surface area contributed by atoms with Gasteiger partial charge in [-0.05, 0) is 43.7 Å². The molecule has 0 amide bonds. The van der Waals surface area contributed by atoms with Gasteiger partial charge in [0.05, 0.1) is 5.56 Å². The highest BCUT2D eigenvalue weighted by Gasteiger charge is 2.13. The zero-order valence-electron chi connectivity index (χ0n) is 10.8. The summed E-state index contributed by atoms with van der Waals surface area (Å²) in [6, 6.07) is 11.7. The lowest BCUT2D eigenvalue weighted by Gasteiger charge is -2.20. The van der Waals surface area contributed by atoms with Crippen LogP contribution in [0.4, 0.5) is 11.5 Å². The minimum Gasteiger partial charge on any atom is -0.329 e. The van der Waals surface area contributed by atoms with Crippen LogP contribution in [0.5, 0.6) is 0 Å². The molecule has 0 aliphatic rings. The van der Waals surface area contributed by atoms with Gasteiger partial charge in [0.15, 0.2) is 5.78 Å². The minimum absolute atomic E-state index is 0.0256. The van der Waals surface area contributed by atoms with Gasteiger partial charge in [0, 0.05) is 18.9 Å². The molecule has 92 valence electrons. The molecule has 0 N–H and O–H groups in total. The average Bonchev–Trinajstić information content (AvgIpc) is 2.38. The van der Waals surface area contributed by atoms with Crippen molar-refractivity contribution in [3.63, 3.8) is 0 Å². The van der Waals surface area contributed by atoms with Crippen molar-refractivity contribution in [1.82, 2.24) is 4.98 Å². The van der Waals surface area contributed by atoms with Gasteiger partial charge in [-0.25, -0.2) is 4.98 Å². The molecule has 0 atom stereocenters. The number of benzene rings is 1. The van der Waals surface area contributed by atoms with Crippen LogP contribution in [-0.4, -0.2) is 17.8 Å². The molecular formula is C15H16N2O. The molecule has 0 bridgehead atoms. The molecule has 1 heterocycles. The molecule has 0 aliphatic carbocycles. The molecule has 18 heavy (non-hydrogen) atoms. The molecule has 2 aromatic rings. The first kappa shape index (κ1) is 12.3. The number of rotatable bonds is 3. The topological polar surface area (TPSA) is 33.2 Å². The van der Waals surface area contributed by atoms with E-state index in [9.17, 15) is 4.79 Å². The van der Waals surface area contributed by atoms with E-state index < -0.39 is 0 Å². The van der Waals surface area contributed by atoms with E-state index in [0.717, 1.165) is 5.69 Å². The Balaban J connectivity index is 2.46. The highest BCUT2D eigenvalue weighted by Crippen LogP contribution is 2.25. The lowest BCUT2D eigenvalue weighted by atomic mass is 10.1. The third-order valence-corrected chi connectivity index (χ3v) is 2.87. The maximum atomic E-state index is 11.6. The summed E-state index contributed by atoms with van der Waals surface area (Å²) in [5.41, 5.74) is 2.84. The van der Waals surface area contributed by atoms with Crippen molar-refractivity contribution in [3.05, 3.63) is 53.7 Å². The summed E-state index contributed by atoms with van der Waals surface area (Å²) in [4.78, 5) is 17.8. The summed E-state index contributed by atoms with van der Waals surface area (Å²) >= 11 is 0. The molecule has 0 spiro atoms. The lowest BCUT2D eigenvalue weighted by molar-refractivity contribution is 0.101. The van der Waals surface area contributed by atoms with E-state index in [-0.39, 0.29) is 5.78 Å². The molecule has 0 radical (unpaired) electrons. The van der Waals surface area contributed by atoms with E-state index in [1.54, 1.807) is 25.3 Å². The predicted molar refractivity (Wildman–Crippen MR) is 73.5 cm³/mol. The summed E-state index contributed by atoms with van der Waals surface area (Å²) in [6.45, 7) is 3.60. The van der Waals surface area contributed by atoms with Gasteiger partial charge in [-0.1, -0.05) is 12.1 Å².